The maximum Gasteiger partial charge on any atom is 0.322 e. The number of ether oxygens (including phenoxy) is 1. The van der Waals surface area contributed by atoms with Gasteiger partial charge in [-0.3, -0.25) is 4.79 Å². The number of aliphatic carboxylic acids is 1. The minimum Gasteiger partial charge on any atom is -0.480 e. The van der Waals surface area contributed by atoms with E-state index in [1.807, 2.05) is 0 Å². The second kappa shape index (κ2) is 7.10. The van der Waals surface area contributed by atoms with Crippen molar-refractivity contribution in [1.82, 2.24) is 10.6 Å². The summed E-state index contributed by atoms with van der Waals surface area (Å²) < 4.78 is 4.69. The summed E-state index contributed by atoms with van der Waals surface area (Å²) in [6, 6.07) is -1.54. The number of methoxy groups -OCH3 is 1. The first-order chi connectivity index (χ1) is 6.57. The first kappa shape index (κ1) is 12.7. The second-order valence-corrected chi connectivity index (χ2v) is 2.57. The van der Waals surface area contributed by atoms with Gasteiger partial charge in [0.2, 0.25) is 0 Å². The molecule has 7 nitrogen and oxygen atoms in total. The van der Waals surface area contributed by atoms with Crippen LogP contribution >= 0.6 is 0 Å². The average molecular weight is 205 g/mol. The first-order valence-corrected chi connectivity index (χ1v) is 4.07. The van der Waals surface area contributed by atoms with Gasteiger partial charge in [-0.05, 0) is 0 Å². The lowest BCUT2D eigenvalue weighted by atomic mass is 10.3. The van der Waals surface area contributed by atoms with Gasteiger partial charge in [-0.2, -0.15) is 0 Å². The summed E-state index contributed by atoms with van der Waals surface area (Å²) in [7, 11) is 1.51. The van der Waals surface area contributed by atoms with Crippen LogP contribution < -0.4 is 16.4 Å². The number of nitrogens with two attached hydrogens (primary N) is 1. The molecule has 82 valence electrons. The summed E-state index contributed by atoms with van der Waals surface area (Å²) in [5.74, 6) is -1.15. The molecule has 2 amide bonds. The third-order valence-electron chi connectivity index (χ3n) is 1.39. The molecular formula is C7H15N3O4. The van der Waals surface area contributed by atoms with Gasteiger partial charge in [-0.15, -0.1) is 0 Å². The maximum absolute atomic E-state index is 10.9. The fourth-order valence-electron chi connectivity index (χ4n) is 0.619. The molecule has 7 heteroatoms. The molecule has 1 unspecified atom stereocenters. The Hall–Kier alpha value is -1.34. The van der Waals surface area contributed by atoms with Crippen LogP contribution in [0.1, 0.15) is 0 Å². The van der Waals surface area contributed by atoms with Crippen LogP contribution in [0, 0.1) is 0 Å². The van der Waals surface area contributed by atoms with Gasteiger partial charge in [-0.1, -0.05) is 0 Å². The zero-order valence-electron chi connectivity index (χ0n) is 7.95. The molecule has 1 atom stereocenters. The molecule has 0 spiro atoms. The Labute approximate surface area is 81.6 Å². The molecule has 0 aliphatic heterocycles. The van der Waals surface area contributed by atoms with Crippen molar-refractivity contribution in [3.05, 3.63) is 0 Å². The van der Waals surface area contributed by atoms with Crippen LogP contribution in [0.3, 0.4) is 0 Å². The number of carbonyl (C=O) groups is 2. The van der Waals surface area contributed by atoms with Crippen molar-refractivity contribution >= 4 is 12.0 Å². The quantitative estimate of drug-likeness (QED) is 0.388. The lowest BCUT2D eigenvalue weighted by Crippen LogP contribution is -2.46. The molecule has 0 heterocycles. The second-order valence-electron chi connectivity index (χ2n) is 2.57. The normalized spacial score (nSPS) is 11.9. The number of nitrogens with one attached hydrogen (secondary N) is 2. The number of carboxylic acids is 1. The highest BCUT2D eigenvalue weighted by atomic mass is 16.5. The Balaban J connectivity index is 3.48. The van der Waals surface area contributed by atoms with Gasteiger partial charge in [-0.25, -0.2) is 4.79 Å². The minimum atomic E-state index is -1.15. The number of hydrogen-bond acceptors (Lipinski definition) is 4. The van der Waals surface area contributed by atoms with E-state index in [2.05, 4.69) is 10.6 Å². The van der Waals surface area contributed by atoms with Gasteiger partial charge in [0, 0.05) is 20.2 Å². The Morgan fingerprint density at radius 2 is 2.14 bits per heavy atom. The summed E-state index contributed by atoms with van der Waals surface area (Å²) >= 11 is 0. The molecule has 0 aliphatic rings. The van der Waals surface area contributed by atoms with Crippen molar-refractivity contribution in [2.45, 2.75) is 6.04 Å². The van der Waals surface area contributed by atoms with Gasteiger partial charge in [0.1, 0.15) is 6.04 Å². The van der Waals surface area contributed by atoms with E-state index in [9.17, 15) is 9.59 Å². The van der Waals surface area contributed by atoms with Crippen molar-refractivity contribution in [2.75, 3.05) is 26.8 Å². The SMILES string of the molecule is COCCNC(=O)NCC(N)C(=O)O. The third-order valence-corrected chi connectivity index (χ3v) is 1.39. The summed E-state index contributed by atoms with van der Waals surface area (Å²) in [5, 5.41) is 13.2. The van der Waals surface area contributed by atoms with Crippen molar-refractivity contribution in [3.63, 3.8) is 0 Å². The topological polar surface area (TPSA) is 114 Å². The Morgan fingerprint density at radius 1 is 1.50 bits per heavy atom. The number of carboxylic acid groups (broad SMARTS) is 1. The number of rotatable bonds is 6. The highest BCUT2D eigenvalue weighted by Crippen LogP contribution is 1.75. The van der Waals surface area contributed by atoms with E-state index in [1.54, 1.807) is 0 Å². The molecular weight excluding hydrogens is 190 g/mol. The maximum atomic E-state index is 10.9. The average Bonchev–Trinajstić information content (AvgIpc) is 2.14. The zero-order valence-corrected chi connectivity index (χ0v) is 7.95. The fraction of sp³-hybridized carbons (Fsp3) is 0.714. The number of carbonyl (C=O) groups excluding carboxylic acids is 1. The lowest BCUT2D eigenvalue weighted by Gasteiger charge is -2.09. The van der Waals surface area contributed by atoms with Gasteiger partial charge in [0.05, 0.1) is 6.61 Å². The Kier molecular flexibility index (Phi) is 6.42. The van der Waals surface area contributed by atoms with Crippen molar-refractivity contribution < 1.29 is 19.4 Å². The van der Waals surface area contributed by atoms with Crippen molar-refractivity contribution in [2.24, 2.45) is 5.73 Å². The van der Waals surface area contributed by atoms with Crippen LogP contribution in [-0.2, 0) is 9.53 Å². The van der Waals surface area contributed by atoms with Crippen LogP contribution in [0.4, 0.5) is 4.79 Å². The summed E-state index contributed by atoms with van der Waals surface area (Å²) in [4.78, 5) is 21.2. The molecule has 0 aliphatic carbocycles. The first-order valence-electron chi connectivity index (χ1n) is 4.07. The van der Waals surface area contributed by atoms with E-state index >= 15 is 0 Å². The molecule has 0 aromatic rings. The van der Waals surface area contributed by atoms with E-state index in [1.165, 1.54) is 7.11 Å². The third kappa shape index (κ3) is 6.21. The monoisotopic (exact) mass is 205 g/mol. The largest absolute Gasteiger partial charge is 0.480 e. The summed E-state index contributed by atoms with van der Waals surface area (Å²) in [5.41, 5.74) is 5.15. The Bertz CT molecular complexity index is 197. The van der Waals surface area contributed by atoms with Gasteiger partial charge in [0.15, 0.2) is 0 Å². The molecule has 0 aromatic carbocycles. The van der Waals surface area contributed by atoms with Crippen LogP contribution in [0.5, 0.6) is 0 Å². The molecule has 0 aromatic heterocycles. The number of urea groups is 1. The molecule has 5 N–H and O–H groups in total. The summed E-state index contributed by atoms with van der Waals surface area (Å²) in [6.07, 6.45) is 0. The van der Waals surface area contributed by atoms with E-state index in [0.717, 1.165) is 0 Å². The van der Waals surface area contributed by atoms with Crippen LogP contribution in [0.2, 0.25) is 0 Å². The van der Waals surface area contributed by atoms with Crippen molar-refractivity contribution in [3.8, 4) is 0 Å². The van der Waals surface area contributed by atoms with Crippen LogP contribution in [0.25, 0.3) is 0 Å². The molecule has 14 heavy (non-hydrogen) atoms. The number of hydrogen-bond donors (Lipinski definition) is 4. The molecule has 0 radical (unpaired) electrons. The van der Waals surface area contributed by atoms with Crippen LogP contribution in [0.15, 0.2) is 0 Å². The van der Waals surface area contributed by atoms with Crippen molar-refractivity contribution in [1.29, 1.82) is 0 Å². The van der Waals surface area contributed by atoms with Gasteiger partial charge in [0.25, 0.3) is 0 Å². The highest BCUT2D eigenvalue weighted by Gasteiger charge is 2.11. The van der Waals surface area contributed by atoms with E-state index in [-0.39, 0.29) is 6.54 Å². The van der Waals surface area contributed by atoms with Gasteiger partial charge < -0.3 is 26.2 Å². The van der Waals surface area contributed by atoms with E-state index < -0.39 is 18.0 Å². The van der Waals surface area contributed by atoms with Gasteiger partial charge >= 0.3 is 12.0 Å². The van der Waals surface area contributed by atoms with E-state index in [4.69, 9.17) is 15.6 Å². The smallest absolute Gasteiger partial charge is 0.322 e. The highest BCUT2D eigenvalue weighted by molar-refractivity contribution is 5.77. The number of amides is 2. The fourth-order valence-corrected chi connectivity index (χ4v) is 0.619. The zero-order chi connectivity index (χ0) is 11.0. The van der Waals surface area contributed by atoms with Crippen LogP contribution in [-0.4, -0.2) is 50.0 Å². The standard InChI is InChI=1S/C7H15N3O4/c1-14-3-2-9-7(13)10-4-5(8)6(11)12/h5H,2-4,8H2,1H3,(H,11,12)(H2,9,10,13). The predicted octanol–water partition coefficient (Wildman–Crippen LogP) is -1.66. The molecule has 0 rings (SSSR count). The molecule has 0 fully saturated rings. The van der Waals surface area contributed by atoms with E-state index in [0.29, 0.717) is 13.2 Å². The Morgan fingerprint density at radius 3 is 2.64 bits per heavy atom. The summed E-state index contributed by atoms with van der Waals surface area (Å²) in [6.45, 7) is 0.664. The molecule has 0 bridgehead atoms. The lowest BCUT2D eigenvalue weighted by molar-refractivity contribution is -0.138. The minimum absolute atomic E-state index is 0.103. The molecule has 0 saturated heterocycles. The predicted molar refractivity (Wildman–Crippen MR) is 48.9 cm³/mol. The molecule has 0 saturated carbocycles.